The van der Waals surface area contributed by atoms with E-state index in [2.05, 4.69) is 15.0 Å². The van der Waals surface area contributed by atoms with E-state index in [1.165, 1.54) is 31.5 Å². The van der Waals surface area contributed by atoms with Gasteiger partial charge in [-0.1, -0.05) is 6.07 Å². The number of rotatable bonds is 10. The van der Waals surface area contributed by atoms with E-state index >= 15 is 8.78 Å². The lowest BCUT2D eigenvalue weighted by molar-refractivity contribution is -0.0589. The molecule has 1 aliphatic heterocycles. The van der Waals surface area contributed by atoms with Crippen molar-refractivity contribution < 1.29 is 32.9 Å². The summed E-state index contributed by atoms with van der Waals surface area (Å²) in [7, 11) is 1.47. The highest BCUT2D eigenvalue weighted by Crippen LogP contribution is 2.29. The minimum absolute atomic E-state index is 0.0228. The third-order valence-corrected chi connectivity index (χ3v) is 7.39. The van der Waals surface area contributed by atoms with Crippen molar-refractivity contribution in [2.75, 3.05) is 13.7 Å². The molecule has 0 unspecified atom stereocenters. The number of carbonyl (C=O) groups is 1. The molecule has 0 bridgehead atoms. The normalized spacial score (nSPS) is 14.2. The zero-order chi connectivity index (χ0) is 30.8. The van der Waals surface area contributed by atoms with Gasteiger partial charge in [0.25, 0.3) is 0 Å². The van der Waals surface area contributed by atoms with Gasteiger partial charge in [-0.15, -0.1) is 0 Å². The Balaban J connectivity index is 1.26. The summed E-state index contributed by atoms with van der Waals surface area (Å²) in [5.74, 6) is -1.34. The third kappa shape index (κ3) is 5.77. The van der Waals surface area contributed by atoms with E-state index in [9.17, 15) is 9.90 Å². The number of hydrogen-bond acceptors (Lipinski definition) is 8. The second-order valence-electron chi connectivity index (χ2n) is 10.2. The number of carboxylic acid groups (broad SMARTS) is 1. The minimum Gasteiger partial charge on any atom is -0.496 e. The van der Waals surface area contributed by atoms with E-state index in [1.807, 2.05) is 10.6 Å². The molecule has 3 aromatic heterocycles. The van der Waals surface area contributed by atoms with Crippen molar-refractivity contribution >= 4 is 17.0 Å². The molecule has 1 fully saturated rings. The van der Waals surface area contributed by atoms with Crippen LogP contribution in [0, 0.1) is 23.0 Å². The predicted molar refractivity (Wildman–Crippen MR) is 153 cm³/mol. The molecule has 0 amide bonds. The number of aromatic carboxylic acids is 1. The summed E-state index contributed by atoms with van der Waals surface area (Å²) < 4.78 is 49.4. The predicted octanol–water partition coefficient (Wildman–Crippen LogP) is 5.31. The maximum atomic E-state index is 15.5. The molecule has 2 aromatic carbocycles. The van der Waals surface area contributed by atoms with E-state index in [0.29, 0.717) is 41.3 Å². The molecule has 10 nitrogen and oxygen atoms in total. The highest BCUT2D eigenvalue weighted by atomic mass is 19.1. The molecule has 1 N–H and O–H groups in total. The molecular weight excluding hydrogens is 572 g/mol. The average Bonchev–Trinajstić information content (AvgIpc) is 3.35. The van der Waals surface area contributed by atoms with Gasteiger partial charge in [-0.25, -0.2) is 28.5 Å². The van der Waals surface area contributed by atoms with Crippen LogP contribution in [0.25, 0.3) is 22.3 Å². The summed E-state index contributed by atoms with van der Waals surface area (Å²) >= 11 is 0. The number of benzene rings is 2. The Labute approximate surface area is 250 Å². The molecule has 1 aliphatic rings. The molecular formula is C32H25F2N5O5. The van der Waals surface area contributed by atoms with Crippen LogP contribution in [0.1, 0.15) is 39.4 Å². The topological polar surface area (TPSA) is 132 Å². The first-order valence-corrected chi connectivity index (χ1v) is 13.7. The zero-order valence-corrected chi connectivity index (χ0v) is 23.5. The number of hydrogen-bond donors (Lipinski definition) is 1. The van der Waals surface area contributed by atoms with Crippen molar-refractivity contribution in [3.63, 3.8) is 0 Å². The van der Waals surface area contributed by atoms with Gasteiger partial charge in [-0.2, -0.15) is 5.26 Å². The van der Waals surface area contributed by atoms with Crippen molar-refractivity contribution in [2.45, 2.75) is 32.1 Å². The second-order valence-corrected chi connectivity index (χ2v) is 10.2. The molecule has 0 aliphatic carbocycles. The van der Waals surface area contributed by atoms with Crippen molar-refractivity contribution in [3.8, 4) is 29.0 Å². The van der Waals surface area contributed by atoms with Crippen LogP contribution in [0.15, 0.2) is 60.8 Å². The van der Waals surface area contributed by atoms with Crippen molar-refractivity contribution in [2.24, 2.45) is 0 Å². The number of methoxy groups -OCH3 is 1. The van der Waals surface area contributed by atoms with Crippen molar-refractivity contribution in [1.82, 2.24) is 19.5 Å². The third-order valence-electron chi connectivity index (χ3n) is 7.39. The maximum absolute atomic E-state index is 15.5. The summed E-state index contributed by atoms with van der Waals surface area (Å²) in [5, 5.41) is 18.5. The molecule has 1 saturated heterocycles. The number of fused-ring (bicyclic) bond motifs is 1. The Morgan fingerprint density at radius 1 is 1.14 bits per heavy atom. The Morgan fingerprint density at radius 3 is 2.70 bits per heavy atom. The highest BCUT2D eigenvalue weighted by molar-refractivity contribution is 5.92. The van der Waals surface area contributed by atoms with Crippen molar-refractivity contribution in [1.29, 1.82) is 5.26 Å². The van der Waals surface area contributed by atoms with Gasteiger partial charge in [-0.3, -0.25) is 0 Å². The number of ether oxygens (including phenoxy) is 3. The van der Waals surface area contributed by atoms with Gasteiger partial charge in [0.2, 0.25) is 5.88 Å². The quantitative estimate of drug-likeness (QED) is 0.227. The summed E-state index contributed by atoms with van der Waals surface area (Å²) in [4.78, 5) is 24.6. The summed E-state index contributed by atoms with van der Waals surface area (Å²) in [6, 6.07) is 15.0. The van der Waals surface area contributed by atoms with Gasteiger partial charge in [0.1, 0.15) is 41.6 Å². The number of halogens is 2. The van der Waals surface area contributed by atoms with Crippen LogP contribution in [0.3, 0.4) is 0 Å². The van der Waals surface area contributed by atoms with E-state index in [-0.39, 0.29) is 53.1 Å². The van der Waals surface area contributed by atoms with Crippen molar-refractivity contribution in [3.05, 3.63) is 101 Å². The fourth-order valence-electron chi connectivity index (χ4n) is 4.99. The SMILES string of the molecule is COc1cc(C#N)ncc1COc1cccc(-c2cc(F)c(Cc3nc4ccc(C(=O)O)cc4n3C[C@@H]3CCO3)cc2F)n1. The van der Waals surface area contributed by atoms with E-state index in [4.69, 9.17) is 19.5 Å². The summed E-state index contributed by atoms with van der Waals surface area (Å²) in [5.41, 5.74) is 2.23. The number of pyridine rings is 2. The van der Waals surface area contributed by atoms with Crippen LogP contribution >= 0.6 is 0 Å². The lowest BCUT2D eigenvalue weighted by Crippen LogP contribution is -2.31. The number of nitrogens with zero attached hydrogens (tertiary/aromatic N) is 5. The molecule has 1 atom stereocenters. The Bertz CT molecular complexity index is 1930. The van der Waals surface area contributed by atoms with E-state index in [0.717, 1.165) is 18.6 Å². The molecule has 5 aromatic rings. The first-order chi connectivity index (χ1) is 21.3. The van der Waals surface area contributed by atoms with Gasteiger partial charge in [0.05, 0.1) is 42.0 Å². The summed E-state index contributed by atoms with van der Waals surface area (Å²) in [6.07, 6.45) is 2.21. The van der Waals surface area contributed by atoms with Gasteiger partial charge < -0.3 is 23.9 Å². The van der Waals surface area contributed by atoms with Crippen LogP contribution in [0.4, 0.5) is 8.78 Å². The smallest absolute Gasteiger partial charge is 0.335 e. The largest absolute Gasteiger partial charge is 0.496 e. The molecule has 0 saturated carbocycles. The molecule has 12 heteroatoms. The number of carboxylic acids is 1. The van der Waals surface area contributed by atoms with Crippen LogP contribution in [0.5, 0.6) is 11.6 Å². The number of nitriles is 1. The molecule has 0 radical (unpaired) electrons. The molecule has 4 heterocycles. The summed E-state index contributed by atoms with van der Waals surface area (Å²) in [6.45, 7) is 1.07. The number of imidazole rings is 1. The van der Waals surface area contributed by atoms with Crippen LogP contribution < -0.4 is 9.47 Å². The van der Waals surface area contributed by atoms with Crippen LogP contribution in [0.2, 0.25) is 0 Å². The Hall–Kier alpha value is -5.41. The van der Waals surface area contributed by atoms with Crippen LogP contribution in [-0.4, -0.2) is 50.4 Å². The first kappa shape index (κ1) is 28.7. The molecule has 0 spiro atoms. The number of aromatic nitrogens is 4. The van der Waals surface area contributed by atoms with E-state index < -0.39 is 17.6 Å². The highest BCUT2D eigenvalue weighted by Gasteiger charge is 2.24. The monoisotopic (exact) mass is 597 g/mol. The average molecular weight is 598 g/mol. The molecule has 6 rings (SSSR count). The maximum Gasteiger partial charge on any atom is 0.335 e. The fourth-order valence-corrected chi connectivity index (χ4v) is 4.99. The van der Waals surface area contributed by atoms with Gasteiger partial charge in [0, 0.05) is 42.5 Å². The van der Waals surface area contributed by atoms with Gasteiger partial charge in [0.15, 0.2) is 0 Å². The zero-order valence-electron chi connectivity index (χ0n) is 23.5. The fraction of sp³-hybridized carbons (Fsp3) is 0.219. The van der Waals surface area contributed by atoms with Crippen LogP contribution in [-0.2, 0) is 24.3 Å². The van der Waals surface area contributed by atoms with Gasteiger partial charge >= 0.3 is 5.97 Å². The Kier molecular flexibility index (Phi) is 7.87. The minimum atomic E-state index is -1.07. The standard InChI is InChI=1S/C32H25F2N5O5/c1-42-29-12-21(14-35)36-15-20(29)17-44-31-4-2-3-26(38-31)23-13-24(33)19(9-25(23)34)11-30-37-27-6-5-18(32(40)41)10-28(27)39(30)16-22-7-8-43-22/h2-6,9-10,12-13,15,22H,7-8,11,16-17H2,1H3,(H,40,41)/t22-/m0/s1. The molecule has 44 heavy (non-hydrogen) atoms. The Morgan fingerprint density at radius 2 is 1.98 bits per heavy atom. The second kappa shape index (κ2) is 12.1. The van der Waals surface area contributed by atoms with E-state index in [1.54, 1.807) is 24.3 Å². The lowest BCUT2D eigenvalue weighted by atomic mass is 10.0. The first-order valence-electron chi connectivity index (χ1n) is 13.7. The molecule has 222 valence electrons. The lowest BCUT2D eigenvalue weighted by Gasteiger charge is -2.27. The van der Waals surface area contributed by atoms with Gasteiger partial charge in [-0.05, 0) is 48.4 Å².